The predicted octanol–water partition coefficient (Wildman–Crippen LogP) is 2.51. The molecule has 1 atom stereocenters. The van der Waals surface area contributed by atoms with Gasteiger partial charge in [-0.15, -0.1) is 0 Å². The lowest BCUT2D eigenvalue weighted by molar-refractivity contribution is 0.408. The maximum Gasteiger partial charge on any atom is 0.310 e. The van der Waals surface area contributed by atoms with E-state index in [9.17, 15) is 8.76 Å². The van der Waals surface area contributed by atoms with Gasteiger partial charge in [-0.2, -0.15) is 4.20 Å². The average molecular weight is 167 g/mol. The number of rotatable bonds is 4. The van der Waals surface area contributed by atoms with Crippen LogP contribution in [-0.2, 0) is 4.57 Å². The summed E-state index contributed by atoms with van der Waals surface area (Å²) in [5.41, 5.74) is 0. The molecule has 62 valence electrons. The molecule has 0 N–H and O–H groups in total. The Labute approximate surface area is 62.0 Å². The number of nitrogens with zero attached hydrogens (tertiary/aromatic N) is 1. The Morgan fingerprint density at radius 1 is 1.30 bits per heavy atom. The zero-order valence-electron chi connectivity index (χ0n) is 6.80. The van der Waals surface area contributed by atoms with Crippen molar-refractivity contribution in [1.82, 2.24) is 4.67 Å². The molecule has 0 aliphatic rings. The van der Waals surface area contributed by atoms with Crippen molar-refractivity contribution in [2.24, 2.45) is 0 Å². The Hall–Kier alpha value is 0.120. The summed E-state index contributed by atoms with van der Waals surface area (Å²) in [5.74, 6) is 0. The van der Waals surface area contributed by atoms with Crippen LogP contribution in [0, 0.1) is 0 Å². The second kappa shape index (κ2) is 4.09. The average Bonchev–Trinajstić information content (AvgIpc) is 1.90. The summed E-state index contributed by atoms with van der Waals surface area (Å²) in [5, 5.41) is 0. The van der Waals surface area contributed by atoms with Gasteiger partial charge >= 0.3 is 7.60 Å². The quantitative estimate of drug-likeness (QED) is 0.599. The van der Waals surface area contributed by atoms with Crippen LogP contribution in [0.15, 0.2) is 0 Å². The van der Waals surface area contributed by atoms with E-state index in [2.05, 4.69) is 0 Å². The molecule has 0 bridgehead atoms. The molecule has 0 aromatic carbocycles. The molecule has 0 amide bonds. The SMILES string of the molecule is CCN(CC)P(=O)(F)CC. The van der Waals surface area contributed by atoms with Crippen molar-refractivity contribution >= 4 is 7.60 Å². The highest BCUT2D eigenvalue weighted by atomic mass is 31.2. The summed E-state index contributed by atoms with van der Waals surface area (Å²) >= 11 is 0. The van der Waals surface area contributed by atoms with E-state index >= 15 is 0 Å². The lowest BCUT2D eigenvalue weighted by Gasteiger charge is -2.20. The van der Waals surface area contributed by atoms with E-state index in [4.69, 9.17) is 0 Å². The molecule has 0 aliphatic heterocycles. The minimum Gasteiger partial charge on any atom is -0.270 e. The summed E-state index contributed by atoms with van der Waals surface area (Å²) < 4.78 is 25.4. The third kappa shape index (κ3) is 2.39. The minimum absolute atomic E-state index is 0.120. The number of halogens is 1. The molecule has 4 heteroatoms. The largest absolute Gasteiger partial charge is 0.310 e. The van der Waals surface area contributed by atoms with Crippen LogP contribution >= 0.6 is 7.60 Å². The van der Waals surface area contributed by atoms with Crippen LogP contribution in [0.25, 0.3) is 0 Å². The van der Waals surface area contributed by atoms with Crippen molar-refractivity contribution < 1.29 is 8.76 Å². The van der Waals surface area contributed by atoms with E-state index in [1.165, 1.54) is 4.67 Å². The van der Waals surface area contributed by atoms with Crippen LogP contribution in [0.4, 0.5) is 4.20 Å². The van der Waals surface area contributed by atoms with Gasteiger partial charge in [0.1, 0.15) is 0 Å². The summed E-state index contributed by atoms with van der Waals surface area (Å²) in [6.45, 7) is 6.28. The molecule has 0 radical (unpaired) electrons. The third-order valence-corrected chi connectivity index (χ3v) is 3.73. The Morgan fingerprint density at radius 2 is 1.70 bits per heavy atom. The molecule has 2 nitrogen and oxygen atoms in total. The smallest absolute Gasteiger partial charge is 0.270 e. The van der Waals surface area contributed by atoms with Gasteiger partial charge in [0.25, 0.3) is 0 Å². The standard InChI is InChI=1S/C6H15FNOP/c1-4-8(5-2)10(7,9)6-3/h4-6H2,1-3H3. The Balaban J connectivity index is 4.12. The van der Waals surface area contributed by atoms with E-state index < -0.39 is 7.60 Å². The Morgan fingerprint density at radius 3 is 1.80 bits per heavy atom. The second-order valence-electron chi connectivity index (χ2n) is 2.07. The molecular formula is C6H15FNOP. The van der Waals surface area contributed by atoms with Crippen LogP contribution in [-0.4, -0.2) is 23.9 Å². The highest BCUT2D eigenvalue weighted by molar-refractivity contribution is 7.56. The van der Waals surface area contributed by atoms with Crippen LogP contribution < -0.4 is 0 Å². The van der Waals surface area contributed by atoms with Gasteiger partial charge < -0.3 is 0 Å². The molecule has 0 fully saturated rings. The first-order valence-electron chi connectivity index (χ1n) is 3.62. The van der Waals surface area contributed by atoms with Gasteiger partial charge in [0.05, 0.1) is 0 Å². The summed E-state index contributed by atoms with van der Waals surface area (Å²) in [4.78, 5) is 0. The molecule has 0 saturated heterocycles. The Kier molecular flexibility index (Phi) is 4.14. The van der Waals surface area contributed by atoms with Crippen molar-refractivity contribution in [1.29, 1.82) is 0 Å². The van der Waals surface area contributed by atoms with Crippen LogP contribution in [0.2, 0.25) is 0 Å². The predicted molar refractivity (Wildman–Crippen MR) is 42.2 cm³/mol. The summed E-state index contributed by atoms with van der Waals surface area (Å²) in [6, 6.07) is 0. The molecule has 0 aliphatic carbocycles. The zero-order chi connectivity index (χ0) is 8.20. The van der Waals surface area contributed by atoms with E-state index in [0.29, 0.717) is 13.1 Å². The van der Waals surface area contributed by atoms with Gasteiger partial charge in [-0.3, -0.25) is 4.57 Å². The van der Waals surface area contributed by atoms with Gasteiger partial charge in [-0.1, -0.05) is 20.8 Å². The molecule has 10 heavy (non-hydrogen) atoms. The fourth-order valence-electron chi connectivity index (χ4n) is 0.846. The molecule has 0 aromatic rings. The lowest BCUT2D eigenvalue weighted by atomic mass is 10.7. The van der Waals surface area contributed by atoms with Gasteiger partial charge in [0, 0.05) is 19.3 Å². The number of hydrogen-bond donors (Lipinski definition) is 0. The topological polar surface area (TPSA) is 20.3 Å². The fraction of sp³-hybridized carbons (Fsp3) is 1.00. The van der Waals surface area contributed by atoms with Gasteiger partial charge in [-0.05, 0) is 0 Å². The van der Waals surface area contributed by atoms with E-state index in [-0.39, 0.29) is 6.16 Å². The van der Waals surface area contributed by atoms with E-state index in [0.717, 1.165) is 0 Å². The molecule has 0 aromatic heterocycles. The molecule has 0 saturated carbocycles. The minimum atomic E-state index is -3.45. The third-order valence-electron chi connectivity index (χ3n) is 1.54. The first kappa shape index (κ1) is 10.1. The van der Waals surface area contributed by atoms with Crippen LogP contribution in [0.5, 0.6) is 0 Å². The maximum atomic E-state index is 13.0. The van der Waals surface area contributed by atoms with Crippen LogP contribution in [0.1, 0.15) is 20.8 Å². The lowest BCUT2D eigenvalue weighted by Crippen LogP contribution is -2.18. The maximum absolute atomic E-state index is 13.0. The van der Waals surface area contributed by atoms with Crippen molar-refractivity contribution in [3.05, 3.63) is 0 Å². The first-order chi connectivity index (χ1) is 4.58. The van der Waals surface area contributed by atoms with Gasteiger partial charge in [0.15, 0.2) is 0 Å². The van der Waals surface area contributed by atoms with Gasteiger partial charge in [0.2, 0.25) is 0 Å². The molecule has 0 spiro atoms. The molecule has 0 heterocycles. The van der Waals surface area contributed by atoms with Gasteiger partial charge in [-0.25, -0.2) is 4.67 Å². The normalized spacial score (nSPS) is 17.3. The molecular weight excluding hydrogens is 152 g/mol. The van der Waals surface area contributed by atoms with Crippen molar-refractivity contribution in [2.45, 2.75) is 20.8 Å². The highest BCUT2D eigenvalue weighted by Crippen LogP contribution is 2.50. The zero-order valence-corrected chi connectivity index (χ0v) is 7.70. The Bertz CT molecular complexity index is 136. The first-order valence-corrected chi connectivity index (χ1v) is 5.36. The van der Waals surface area contributed by atoms with Crippen molar-refractivity contribution in [3.8, 4) is 0 Å². The van der Waals surface area contributed by atoms with E-state index in [1.54, 1.807) is 6.92 Å². The van der Waals surface area contributed by atoms with Crippen LogP contribution in [0.3, 0.4) is 0 Å². The highest BCUT2D eigenvalue weighted by Gasteiger charge is 2.24. The van der Waals surface area contributed by atoms with E-state index in [1.807, 2.05) is 13.8 Å². The summed E-state index contributed by atoms with van der Waals surface area (Å²) in [7, 11) is -3.45. The summed E-state index contributed by atoms with van der Waals surface area (Å²) in [6.07, 6.45) is 0.120. The number of hydrogen-bond acceptors (Lipinski definition) is 1. The monoisotopic (exact) mass is 167 g/mol. The molecule has 0 rings (SSSR count). The molecule has 1 unspecified atom stereocenters. The fourth-order valence-corrected chi connectivity index (χ4v) is 2.09. The second-order valence-corrected chi connectivity index (χ2v) is 4.50. The van der Waals surface area contributed by atoms with Crippen molar-refractivity contribution in [3.63, 3.8) is 0 Å². The van der Waals surface area contributed by atoms with Crippen molar-refractivity contribution in [2.75, 3.05) is 19.3 Å².